The summed E-state index contributed by atoms with van der Waals surface area (Å²) in [6.07, 6.45) is 0.123. The van der Waals surface area contributed by atoms with Crippen LogP contribution in [0.1, 0.15) is 25.8 Å². The Labute approximate surface area is 147 Å². The van der Waals surface area contributed by atoms with Gasteiger partial charge in [-0.2, -0.15) is 0 Å². The molecule has 7 nitrogen and oxygen atoms in total. The fourth-order valence-corrected chi connectivity index (χ4v) is 2.94. The number of hydrogen-bond donors (Lipinski definition) is 1. The van der Waals surface area contributed by atoms with Crippen LogP contribution in [0.2, 0.25) is 0 Å². The fourth-order valence-electron chi connectivity index (χ4n) is 2.94. The number of aliphatic carboxylic acids is 1. The highest BCUT2D eigenvalue weighted by Crippen LogP contribution is 2.23. The number of methoxy groups -OCH3 is 1. The lowest BCUT2D eigenvalue weighted by atomic mass is 10.1. The van der Waals surface area contributed by atoms with E-state index in [1.807, 2.05) is 24.3 Å². The predicted octanol–water partition coefficient (Wildman–Crippen LogP) is 1.37. The second kappa shape index (κ2) is 8.00. The van der Waals surface area contributed by atoms with Crippen LogP contribution in [0.15, 0.2) is 24.3 Å². The molecule has 1 N–H and O–H groups in total. The Hall–Kier alpha value is -2.57. The third kappa shape index (κ3) is 4.71. The number of nitrogens with zero attached hydrogens (tertiary/aromatic N) is 2. The van der Waals surface area contributed by atoms with Gasteiger partial charge in [-0.05, 0) is 31.5 Å². The van der Waals surface area contributed by atoms with Gasteiger partial charge in [0.15, 0.2) is 0 Å². The number of carbonyl (C=O) groups excluding carboxylic acids is 2. The van der Waals surface area contributed by atoms with E-state index in [0.717, 1.165) is 11.3 Å². The first kappa shape index (κ1) is 18.8. The highest BCUT2D eigenvalue weighted by molar-refractivity contribution is 5.90. The van der Waals surface area contributed by atoms with Crippen molar-refractivity contribution < 1.29 is 24.2 Å². The van der Waals surface area contributed by atoms with Crippen LogP contribution < -0.4 is 4.74 Å². The number of amides is 2. The number of carbonyl (C=O) groups is 3. The van der Waals surface area contributed by atoms with Gasteiger partial charge in [0, 0.05) is 25.6 Å². The molecule has 1 aliphatic rings. The van der Waals surface area contributed by atoms with Gasteiger partial charge >= 0.3 is 5.97 Å². The summed E-state index contributed by atoms with van der Waals surface area (Å²) in [7, 11) is 1.59. The van der Waals surface area contributed by atoms with Crippen molar-refractivity contribution in [1.82, 2.24) is 9.80 Å². The summed E-state index contributed by atoms with van der Waals surface area (Å²) in [5.74, 6) is -1.17. The average Bonchev–Trinajstić information content (AvgIpc) is 2.93. The SMILES string of the molecule is COc1ccc(CN2CC(C(=O)N(CC(=O)O)C(C)C)CC2=O)cc1. The zero-order chi connectivity index (χ0) is 18.6. The van der Waals surface area contributed by atoms with Crippen molar-refractivity contribution in [3.63, 3.8) is 0 Å². The van der Waals surface area contributed by atoms with Crippen molar-refractivity contribution in [2.45, 2.75) is 32.9 Å². The molecule has 0 bridgehead atoms. The van der Waals surface area contributed by atoms with Crippen LogP contribution in [-0.4, -0.2) is 58.9 Å². The molecule has 2 amide bonds. The monoisotopic (exact) mass is 348 g/mol. The van der Waals surface area contributed by atoms with Gasteiger partial charge in [0.05, 0.1) is 13.0 Å². The molecule has 1 aromatic carbocycles. The summed E-state index contributed by atoms with van der Waals surface area (Å²) >= 11 is 0. The molecule has 2 rings (SSSR count). The highest BCUT2D eigenvalue weighted by atomic mass is 16.5. The normalized spacial score (nSPS) is 17.0. The second-order valence-corrected chi connectivity index (χ2v) is 6.48. The zero-order valence-corrected chi connectivity index (χ0v) is 14.8. The summed E-state index contributed by atoms with van der Waals surface area (Å²) in [5.41, 5.74) is 0.952. The van der Waals surface area contributed by atoms with Crippen molar-refractivity contribution in [3.8, 4) is 5.75 Å². The Balaban J connectivity index is 2.02. The largest absolute Gasteiger partial charge is 0.497 e. The summed E-state index contributed by atoms with van der Waals surface area (Å²) < 4.78 is 5.11. The van der Waals surface area contributed by atoms with E-state index in [-0.39, 0.29) is 30.8 Å². The number of ether oxygens (including phenoxy) is 1. The van der Waals surface area contributed by atoms with Crippen LogP contribution in [0, 0.1) is 5.92 Å². The first-order valence-corrected chi connectivity index (χ1v) is 8.24. The van der Waals surface area contributed by atoms with E-state index >= 15 is 0 Å². The molecule has 25 heavy (non-hydrogen) atoms. The molecule has 0 aromatic heterocycles. The van der Waals surface area contributed by atoms with Crippen LogP contribution in [0.25, 0.3) is 0 Å². The van der Waals surface area contributed by atoms with Gasteiger partial charge in [-0.3, -0.25) is 14.4 Å². The molecule has 1 aromatic rings. The molecule has 1 saturated heterocycles. The molecule has 7 heteroatoms. The lowest BCUT2D eigenvalue weighted by Crippen LogP contribution is -2.44. The molecular formula is C18H24N2O5. The minimum absolute atomic E-state index is 0.0896. The highest BCUT2D eigenvalue weighted by Gasteiger charge is 2.37. The molecule has 1 heterocycles. The molecule has 1 atom stereocenters. The summed E-state index contributed by atoms with van der Waals surface area (Å²) in [6, 6.07) is 7.19. The molecule has 1 unspecified atom stereocenters. The first-order valence-electron chi connectivity index (χ1n) is 8.24. The Morgan fingerprint density at radius 2 is 1.96 bits per heavy atom. The van der Waals surface area contributed by atoms with Gasteiger partial charge in [0.2, 0.25) is 11.8 Å². The minimum atomic E-state index is -1.05. The zero-order valence-electron chi connectivity index (χ0n) is 14.8. The number of benzene rings is 1. The average molecular weight is 348 g/mol. The van der Waals surface area contributed by atoms with E-state index in [0.29, 0.717) is 13.1 Å². The predicted molar refractivity (Wildman–Crippen MR) is 91.0 cm³/mol. The molecule has 136 valence electrons. The fraction of sp³-hybridized carbons (Fsp3) is 0.500. The van der Waals surface area contributed by atoms with Gasteiger partial charge in [-0.1, -0.05) is 12.1 Å². The quantitative estimate of drug-likeness (QED) is 0.804. The number of hydrogen-bond acceptors (Lipinski definition) is 4. The Morgan fingerprint density at radius 1 is 1.32 bits per heavy atom. The van der Waals surface area contributed by atoms with Crippen LogP contribution in [0.4, 0.5) is 0 Å². The van der Waals surface area contributed by atoms with E-state index in [1.165, 1.54) is 4.90 Å². The standard InChI is InChI=1S/C18H24N2O5/c1-12(2)20(11-17(22)23)18(24)14-8-16(21)19(10-14)9-13-4-6-15(25-3)7-5-13/h4-7,12,14H,8-11H2,1-3H3,(H,22,23). The van der Waals surface area contributed by atoms with Gasteiger partial charge in [0.1, 0.15) is 12.3 Å². The summed E-state index contributed by atoms with van der Waals surface area (Å²) in [5, 5.41) is 8.98. The van der Waals surface area contributed by atoms with E-state index in [4.69, 9.17) is 9.84 Å². The molecule has 0 spiro atoms. The van der Waals surface area contributed by atoms with E-state index in [2.05, 4.69) is 0 Å². The topological polar surface area (TPSA) is 87.2 Å². The van der Waals surface area contributed by atoms with Gasteiger partial charge in [0.25, 0.3) is 0 Å². The number of likely N-dealkylation sites (tertiary alicyclic amines) is 1. The Bertz CT molecular complexity index is 641. The first-order chi connectivity index (χ1) is 11.8. The lowest BCUT2D eigenvalue weighted by Gasteiger charge is -2.27. The maximum atomic E-state index is 12.6. The number of carboxylic acid groups (broad SMARTS) is 1. The van der Waals surface area contributed by atoms with Gasteiger partial charge in [-0.25, -0.2) is 0 Å². The van der Waals surface area contributed by atoms with Crippen molar-refractivity contribution in [3.05, 3.63) is 29.8 Å². The minimum Gasteiger partial charge on any atom is -0.497 e. The van der Waals surface area contributed by atoms with Gasteiger partial charge < -0.3 is 19.6 Å². The molecule has 0 saturated carbocycles. The van der Waals surface area contributed by atoms with E-state index in [9.17, 15) is 14.4 Å². The van der Waals surface area contributed by atoms with E-state index < -0.39 is 11.9 Å². The maximum Gasteiger partial charge on any atom is 0.323 e. The van der Waals surface area contributed by atoms with Crippen molar-refractivity contribution in [2.75, 3.05) is 20.2 Å². The Kier molecular flexibility index (Phi) is 6.01. The van der Waals surface area contributed by atoms with Crippen molar-refractivity contribution in [2.24, 2.45) is 5.92 Å². The summed E-state index contributed by atoms with van der Waals surface area (Å²) in [4.78, 5) is 38.8. The van der Waals surface area contributed by atoms with Crippen molar-refractivity contribution in [1.29, 1.82) is 0 Å². The second-order valence-electron chi connectivity index (χ2n) is 6.48. The van der Waals surface area contributed by atoms with E-state index in [1.54, 1.807) is 25.9 Å². The van der Waals surface area contributed by atoms with Gasteiger partial charge in [-0.15, -0.1) is 0 Å². The van der Waals surface area contributed by atoms with Crippen LogP contribution in [0.3, 0.4) is 0 Å². The molecular weight excluding hydrogens is 324 g/mol. The lowest BCUT2D eigenvalue weighted by molar-refractivity contribution is -0.147. The third-order valence-electron chi connectivity index (χ3n) is 4.31. The van der Waals surface area contributed by atoms with Crippen LogP contribution >= 0.6 is 0 Å². The smallest absolute Gasteiger partial charge is 0.323 e. The molecule has 0 aliphatic carbocycles. The molecule has 1 aliphatic heterocycles. The third-order valence-corrected chi connectivity index (χ3v) is 4.31. The summed E-state index contributed by atoms with van der Waals surface area (Å²) in [6.45, 7) is 3.93. The van der Waals surface area contributed by atoms with Crippen LogP contribution in [-0.2, 0) is 20.9 Å². The molecule has 0 radical (unpaired) electrons. The molecule has 1 fully saturated rings. The Morgan fingerprint density at radius 3 is 2.48 bits per heavy atom. The maximum absolute atomic E-state index is 12.6. The van der Waals surface area contributed by atoms with Crippen molar-refractivity contribution >= 4 is 17.8 Å². The number of carboxylic acids is 1. The van der Waals surface area contributed by atoms with Crippen LogP contribution in [0.5, 0.6) is 5.75 Å². The number of rotatable bonds is 7.